The van der Waals surface area contributed by atoms with Gasteiger partial charge in [0.25, 0.3) is 0 Å². The van der Waals surface area contributed by atoms with Gasteiger partial charge in [0.15, 0.2) is 6.61 Å². The van der Waals surface area contributed by atoms with Gasteiger partial charge in [0.05, 0.1) is 0 Å². The van der Waals surface area contributed by atoms with Crippen molar-refractivity contribution in [3.63, 3.8) is 0 Å². The maximum atomic E-state index is 12.3. The Labute approximate surface area is 133 Å². The van der Waals surface area contributed by atoms with Gasteiger partial charge < -0.3 is 15.8 Å². The Balaban J connectivity index is 2.03. The smallest absolute Gasteiger partial charge is 0.422 e. The second kappa shape index (κ2) is 7.21. The molecule has 0 bridgehead atoms. The zero-order chi connectivity index (χ0) is 17.0. The van der Waals surface area contributed by atoms with Crippen molar-refractivity contribution in [3.8, 4) is 5.75 Å². The number of carbonyl (C=O) groups is 1. The van der Waals surface area contributed by atoms with Crippen molar-refractivity contribution in [3.05, 3.63) is 23.8 Å². The molecule has 1 aliphatic rings. The Hall–Kier alpha value is -1.76. The lowest BCUT2D eigenvalue weighted by atomic mass is 9.85. The lowest BCUT2D eigenvalue weighted by Gasteiger charge is -2.26. The summed E-state index contributed by atoms with van der Waals surface area (Å²) in [5.74, 6) is -0.186. The summed E-state index contributed by atoms with van der Waals surface area (Å²) in [6.07, 6.45) is -1.15. The number of rotatable bonds is 4. The molecule has 1 aromatic rings. The molecule has 0 spiro atoms. The number of ether oxygens (including phenoxy) is 1. The van der Waals surface area contributed by atoms with Crippen LogP contribution in [0.15, 0.2) is 18.2 Å². The number of anilines is 1. The van der Waals surface area contributed by atoms with E-state index in [1.807, 2.05) is 0 Å². The van der Waals surface area contributed by atoms with Crippen LogP contribution in [-0.4, -0.2) is 24.7 Å². The van der Waals surface area contributed by atoms with Gasteiger partial charge in [-0.05, 0) is 38.3 Å². The van der Waals surface area contributed by atoms with Gasteiger partial charge in [0.2, 0.25) is 5.91 Å². The molecule has 0 heterocycles. The molecule has 2 atom stereocenters. The fraction of sp³-hybridized carbons (Fsp3) is 0.562. The van der Waals surface area contributed by atoms with Crippen molar-refractivity contribution in [1.82, 2.24) is 0 Å². The molecule has 1 aromatic carbocycles. The van der Waals surface area contributed by atoms with E-state index in [-0.39, 0.29) is 23.6 Å². The number of hydrogen-bond acceptors (Lipinski definition) is 3. The molecule has 0 radical (unpaired) electrons. The standard InChI is InChI=1S/C16H21F3N2O2/c1-10-13(6-3-7-14(10)23-9-16(17,18)19)21-15(22)11-4-2-5-12(20)8-11/h3,6-7,11-12H,2,4-5,8-9,20H2,1H3,(H,21,22). The zero-order valence-electron chi connectivity index (χ0n) is 13.0. The van der Waals surface area contributed by atoms with Gasteiger partial charge in [-0.2, -0.15) is 13.2 Å². The Morgan fingerprint density at radius 3 is 2.78 bits per heavy atom. The van der Waals surface area contributed by atoms with E-state index in [1.54, 1.807) is 19.1 Å². The van der Waals surface area contributed by atoms with Crippen LogP contribution >= 0.6 is 0 Å². The fourth-order valence-corrected chi connectivity index (χ4v) is 2.77. The van der Waals surface area contributed by atoms with Crippen LogP contribution in [0.4, 0.5) is 18.9 Å². The Kier molecular flexibility index (Phi) is 5.51. The van der Waals surface area contributed by atoms with Crippen molar-refractivity contribution in [2.45, 2.75) is 44.8 Å². The molecule has 1 amide bonds. The molecule has 3 N–H and O–H groups in total. The summed E-state index contributed by atoms with van der Waals surface area (Å²) in [7, 11) is 0. The molecular formula is C16H21F3N2O2. The third-order valence-electron chi connectivity index (χ3n) is 4.02. The van der Waals surface area contributed by atoms with Crippen molar-refractivity contribution in [2.24, 2.45) is 11.7 Å². The molecule has 1 aliphatic carbocycles. The van der Waals surface area contributed by atoms with E-state index in [0.717, 1.165) is 19.3 Å². The summed E-state index contributed by atoms with van der Waals surface area (Å²) in [5, 5.41) is 2.78. The normalized spacial score (nSPS) is 21.8. The highest BCUT2D eigenvalue weighted by Gasteiger charge is 2.29. The average molecular weight is 330 g/mol. The molecule has 2 rings (SSSR count). The van der Waals surface area contributed by atoms with Crippen molar-refractivity contribution < 1.29 is 22.7 Å². The molecule has 1 fully saturated rings. The topological polar surface area (TPSA) is 64.4 Å². The van der Waals surface area contributed by atoms with E-state index in [9.17, 15) is 18.0 Å². The molecule has 1 saturated carbocycles. The number of nitrogens with two attached hydrogens (primary N) is 1. The summed E-state index contributed by atoms with van der Waals surface area (Å²) in [6.45, 7) is 0.261. The third-order valence-corrected chi connectivity index (χ3v) is 4.02. The molecule has 4 nitrogen and oxygen atoms in total. The molecule has 0 aromatic heterocycles. The summed E-state index contributed by atoms with van der Waals surface area (Å²) >= 11 is 0. The minimum absolute atomic E-state index is 0.0297. The first-order chi connectivity index (χ1) is 10.8. The van der Waals surface area contributed by atoms with Gasteiger partial charge >= 0.3 is 6.18 Å². The predicted molar refractivity (Wildman–Crippen MR) is 81.3 cm³/mol. The van der Waals surface area contributed by atoms with Gasteiger partial charge in [-0.25, -0.2) is 0 Å². The van der Waals surface area contributed by atoms with E-state index in [0.29, 0.717) is 17.7 Å². The van der Waals surface area contributed by atoms with E-state index in [1.165, 1.54) is 6.07 Å². The maximum Gasteiger partial charge on any atom is 0.422 e. The van der Waals surface area contributed by atoms with Gasteiger partial charge in [-0.3, -0.25) is 4.79 Å². The van der Waals surface area contributed by atoms with E-state index >= 15 is 0 Å². The Morgan fingerprint density at radius 1 is 1.39 bits per heavy atom. The largest absolute Gasteiger partial charge is 0.484 e. The monoisotopic (exact) mass is 330 g/mol. The van der Waals surface area contributed by atoms with Crippen LogP contribution < -0.4 is 15.8 Å². The first-order valence-corrected chi connectivity index (χ1v) is 7.62. The Bertz CT molecular complexity index is 561. The Morgan fingerprint density at radius 2 is 2.13 bits per heavy atom. The first-order valence-electron chi connectivity index (χ1n) is 7.62. The molecular weight excluding hydrogens is 309 g/mol. The summed E-state index contributed by atoms with van der Waals surface area (Å²) in [6, 6.07) is 4.69. The molecule has 0 saturated heterocycles. The SMILES string of the molecule is Cc1c(NC(=O)C2CCCC(N)C2)cccc1OCC(F)(F)F. The molecule has 23 heavy (non-hydrogen) atoms. The minimum atomic E-state index is -4.40. The summed E-state index contributed by atoms with van der Waals surface area (Å²) in [4.78, 5) is 12.3. The predicted octanol–water partition coefficient (Wildman–Crippen LogP) is 3.39. The second-order valence-corrected chi connectivity index (χ2v) is 5.95. The van der Waals surface area contributed by atoms with E-state index < -0.39 is 12.8 Å². The second-order valence-electron chi connectivity index (χ2n) is 5.95. The van der Waals surface area contributed by atoms with Crippen LogP contribution in [0.25, 0.3) is 0 Å². The number of benzene rings is 1. The van der Waals surface area contributed by atoms with Crippen LogP contribution in [0, 0.1) is 12.8 Å². The van der Waals surface area contributed by atoms with E-state index in [2.05, 4.69) is 5.32 Å². The quantitative estimate of drug-likeness (QED) is 0.889. The summed E-state index contributed by atoms with van der Waals surface area (Å²) in [5.41, 5.74) is 6.83. The van der Waals surface area contributed by atoms with Crippen LogP contribution in [-0.2, 0) is 4.79 Å². The first kappa shape index (κ1) is 17.6. The molecule has 0 aliphatic heterocycles. The lowest BCUT2D eigenvalue weighted by Crippen LogP contribution is -2.34. The van der Waals surface area contributed by atoms with Gasteiger partial charge in [-0.15, -0.1) is 0 Å². The molecule has 7 heteroatoms. The number of alkyl halides is 3. The summed E-state index contributed by atoms with van der Waals surface area (Å²) < 4.78 is 41.6. The van der Waals surface area contributed by atoms with E-state index in [4.69, 9.17) is 10.5 Å². The van der Waals surface area contributed by atoms with Crippen molar-refractivity contribution in [2.75, 3.05) is 11.9 Å². The number of hydrogen-bond donors (Lipinski definition) is 2. The number of nitrogens with one attached hydrogen (secondary N) is 1. The van der Waals surface area contributed by atoms with Crippen LogP contribution in [0.3, 0.4) is 0 Å². The van der Waals surface area contributed by atoms with Crippen LogP contribution in [0.1, 0.15) is 31.2 Å². The van der Waals surface area contributed by atoms with Crippen LogP contribution in [0.2, 0.25) is 0 Å². The molecule has 2 unspecified atom stereocenters. The van der Waals surface area contributed by atoms with Crippen molar-refractivity contribution >= 4 is 11.6 Å². The number of amides is 1. The van der Waals surface area contributed by atoms with Crippen LogP contribution in [0.5, 0.6) is 5.75 Å². The van der Waals surface area contributed by atoms with Gasteiger partial charge in [0.1, 0.15) is 5.75 Å². The highest BCUT2D eigenvalue weighted by atomic mass is 19.4. The third kappa shape index (κ3) is 5.13. The fourth-order valence-electron chi connectivity index (χ4n) is 2.77. The van der Waals surface area contributed by atoms with Gasteiger partial charge in [0, 0.05) is 23.2 Å². The number of carbonyl (C=O) groups excluding carboxylic acids is 1. The number of halogens is 3. The van der Waals surface area contributed by atoms with Gasteiger partial charge in [-0.1, -0.05) is 12.5 Å². The minimum Gasteiger partial charge on any atom is -0.484 e. The lowest BCUT2D eigenvalue weighted by molar-refractivity contribution is -0.153. The maximum absolute atomic E-state index is 12.3. The van der Waals surface area contributed by atoms with Crippen molar-refractivity contribution in [1.29, 1.82) is 0 Å². The zero-order valence-corrected chi connectivity index (χ0v) is 13.0. The molecule has 128 valence electrons. The highest BCUT2D eigenvalue weighted by Crippen LogP contribution is 2.29. The highest BCUT2D eigenvalue weighted by molar-refractivity contribution is 5.93. The average Bonchev–Trinajstić information content (AvgIpc) is 2.47.